The lowest BCUT2D eigenvalue weighted by atomic mass is 9.99. The fourth-order valence-electron chi connectivity index (χ4n) is 6.28. The van der Waals surface area contributed by atoms with Gasteiger partial charge in [-0.2, -0.15) is 9.13 Å². The summed E-state index contributed by atoms with van der Waals surface area (Å²) in [6, 6.07) is 17.3. The van der Waals surface area contributed by atoms with E-state index >= 15 is 0 Å². The van der Waals surface area contributed by atoms with Crippen LogP contribution in [0.25, 0.3) is 66.4 Å². The highest BCUT2D eigenvalue weighted by Gasteiger charge is 2.23. The van der Waals surface area contributed by atoms with Gasteiger partial charge >= 0.3 is 0 Å². The Hall–Kier alpha value is -5.36. The molecule has 8 aromatic rings. The average Bonchev–Trinajstić information content (AvgIpc) is 3.65. The highest BCUT2D eigenvalue weighted by molar-refractivity contribution is 6.10. The van der Waals surface area contributed by atoms with Gasteiger partial charge in [0.25, 0.3) is 0 Å². The Morgan fingerprint density at radius 2 is 1.09 bits per heavy atom. The molecule has 0 saturated carbocycles. The molecule has 4 aromatic carbocycles. The SMILES string of the molecule is [2H]c1cc(C)[n+](C)c(-c2c(C)ccc3c2oc2c([2H])c(F)c([2H])cc23)c1.[2H]c1cc2c(oc3c(-c4cc(C)cc(C)[n+]4C)c(C)ccc32)c([2H])c1F. The predicted molar refractivity (Wildman–Crippen MR) is 184 cm³/mol. The molecule has 0 N–H and O–H groups in total. The van der Waals surface area contributed by atoms with Crippen molar-refractivity contribution in [3.8, 4) is 22.5 Å². The van der Waals surface area contributed by atoms with Crippen LogP contribution in [-0.2, 0) is 14.1 Å². The van der Waals surface area contributed by atoms with Crippen LogP contribution in [0.4, 0.5) is 8.78 Å². The molecular formula is C41H36F2N2O2+2. The van der Waals surface area contributed by atoms with E-state index in [9.17, 15) is 8.78 Å². The van der Waals surface area contributed by atoms with E-state index < -0.39 is 17.7 Å². The standard InChI is InChI=1S/C21H19FNO.C20H17FNO/c1-12-9-14(3)23(4)18(10-12)20-13(2)5-7-17-16-8-6-15(22)11-19(16)24-21(17)20;1-12-7-9-16-15-10-8-14(21)11-18(15)23-20(16)19(12)17-6-4-5-13(2)22(17)3/h5-11H,1-4H3;4-11H,1-3H3/q2*+1/i6D,11D;4D,8D,11D. The fraction of sp³-hybridized carbons (Fsp3) is 0.171. The van der Waals surface area contributed by atoms with E-state index in [1.54, 1.807) is 12.1 Å². The molecular weight excluding hydrogens is 590 g/mol. The number of pyridine rings is 2. The number of rotatable bonds is 2. The molecule has 0 unspecified atom stereocenters. The third-order valence-electron chi connectivity index (χ3n) is 8.95. The van der Waals surface area contributed by atoms with Gasteiger partial charge in [-0.1, -0.05) is 24.3 Å². The summed E-state index contributed by atoms with van der Waals surface area (Å²) in [5, 5.41) is 2.68. The van der Waals surface area contributed by atoms with E-state index in [-0.39, 0.29) is 29.3 Å². The maximum atomic E-state index is 14.0. The molecule has 234 valence electrons. The van der Waals surface area contributed by atoms with Crippen molar-refractivity contribution >= 4 is 43.9 Å². The van der Waals surface area contributed by atoms with Crippen molar-refractivity contribution in [3.63, 3.8) is 0 Å². The average molecular weight is 632 g/mol. The first-order chi connectivity index (χ1) is 24.6. The molecule has 0 saturated heterocycles. The first-order valence-electron chi connectivity index (χ1n) is 17.8. The van der Waals surface area contributed by atoms with Crippen LogP contribution in [0, 0.1) is 46.3 Å². The summed E-state index contributed by atoms with van der Waals surface area (Å²) < 4.78 is 83.6. The van der Waals surface area contributed by atoms with Crippen molar-refractivity contribution in [2.24, 2.45) is 14.1 Å². The number of benzene rings is 4. The van der Waals surface area contributed by atoms with Gasteiger partial charge in [0.1, 0.15) is 48.1 Å². The van der Waals surface area contributed by atoms with E-state index in [4.69, 9.17) is 15.7 Å². The predicted octanol–water partition coefficient (Wildman–Crippen LogP) is 9.98. The summed E-state index contributed by atoms with van der Waals surface area (Å²) in [4.78, 5) is 0. The molecule has 8 rings (SSSR count). The van der Waals surface area contributed by atoms with Gasteiger partial charge in [-0.15, -0.1) is 0 Å². The zero-order valence-electron chi connectivity index (χ0n) is 32.2. The van der Waals surface area contributed by atoms with Gasteiger partial charge in [0.2, 0.25) is 11.4 Å². The van der Waals surface area contributed by atoms with Crippen LogP contribution in [0.3, 0.4) is 0 Å². The molecule has 0 aliphatic rings. The van der Waals surface area contributed by atoms with Gasteiger partial charge in [0.05, 0.1) is 18.0 Å². The van der Waals surface area contributed by atoms with Crippen LogP contribution in [0.1, 0.15) is 34.9 Å². The summed E-state index contributed by atoms with van der Waals surface area (Å²) in [5.41, 5.74) is 10.2. The van der Waals surface area contributed by atoms with Crippen molar-refractivity contribution in [1.82, 2.24) is 0 Å². The Morgan fingerprint density at radius 3 is 1.64 bits per heavy atom. The van der Waals surface area contributed by atoms with Gasteiger partial charge < -0.3 is 8.83 Å². The summed E-state index contributed by atoms with van der Waals surface area (Å²) in [6.45, 7) is 9.99. The molecule has 47 heavy (non-hydrogen) atoms. The van der Waals surface area contributed by atoms with Gasteiger partial charge in [0.15, 0.2) is 11.4 Å². The minimum atomic E-state index is -0.885. The lowest BCUT2D eigenvalue weighted by molar-refractivity contribution is -0.666. The topological polar surface area (TPSA) is 34.0 Å². The lowest BCUT2D eigenvalue weighted by Gasteiger charge is -2.08. The maximum Gasteiger partial charge on any atom is 0.216 e. The molecule has 6 heteroatoms. The van der Waals surface area contributed by atoms with Crippen LogP contribution in [-0.4, -0.2) is 0 Å². The highest BCUT2D eigenvalue weighted by atomic mass is 19.1. The molecule has 0 bridgehead atoms. The molecule has 0 amide bonds. The Balaban J connectivity index is 0.000000162. The largest absolute Gasteiger partial charge is 0.455 e. The van der Waals surface area contributed by atoms with E-state index in [1.807, 2.05) is 77.5 Å². The van der Waals surface area contributed by atoms with Gasteiger partial charge in [-0.25, -0.2) is 8.78 Å². The summed E-state index contributed by atoms with van der Waals surface area (Å²) in [5.74, 6) is -1.74. The molecule has 0 fully saturated rings. The number of nitrogens with zero attached hydrogens (tertiary/aromatic N) is 2. The highest BCUT2D eigenvalue weighted by Crippen LogP contribution is 2.38. The van der Waals surface area contributed by atoms with E-state index in [2.05, 4.69) is 16.7 Å². The summed E-state index contributed by atoms with van der Waals surface area (Å²) in [6.07, 6.45) is 0. The zero-order valence-corrected chi connectivity index (χ0v) is 27.2. The minimum Gasteiger partial charge on any atom is -0.455 e. The van der Waals surface area contributed by atoms with Crippen LogP contribution >= 0.6 is 0 Å². The van der Waals surface area contributed by atoms with E-state index in [1.165, 1.54) is 12.1 Å². The van der Waals surface area contributed by atoms with Crippen LogP contribution in [0.5, 0.6) is 0 Å². The number of aromatic nitrogens is 2. The van der Waals surface area contributed by atoms with Crippen LogP contribution in [0.2, 0.25) is 0 Å². The molecule has 0 radical (unpaired) electrons. The van der Waals surface area contributed by atoms with Crippen molar-refractivity contribution in [2.75, 3.05) is 0 Å². The Labute approximate surface area is 279 Å². The number of hydrogen-bond acceptors (Lipinski definition) is 2. The summed E-state index contributed by atoms with van der Waals surface area (Å²) >= 11 is 0. The van der Waals surface area contributed by atoms with Crippen molar-refractivity contribution in [3.05, 3.63) is 131 Å². The smallest absolute Gasteiger partial charge is 0.216 e. The molecule has 4 heterocycles. The number of fused-ring (bicyclic) bond motifs is 6. The minimum absolute atomic E-state index is 0.141. The first-order valence-corrected chi connectivity index (χ1v) is 15.3. The number of furan rings is 2. The Morgan fingerprint density at radius 1 is 0.574 bits per heavy atom. The molecule has 4 aromatic heterocycles. The van der Waals surface area contributed by atoms with E-state index in [0.717, 1.165) is 61.4 Å². The Kier molecular flexibility index (Phi) is 6.05. The van der Waals surface area contributed by atoms with Gasteiger partial charge in [-0.05, 0) is 67.7 Å². The van der Waals surface area contributed by atoms with Gasteiger partial charge in [-0.3, -0.25) is 0 Å². The van der Waals surface area contributed by atoms with Crippen LogP contribution < -0.4 is 9.13 Å². The van der Waals surface area contributed by atoms with Crippen molar-refractivity contribution < 1.29 is 33.6 Å². The van der Waals surface area contributed by atoms with Gasteiger partial charge in [0, 0.05) is 71.7 Å². The molecule has 4 nitrogen and oxygen atoms in total. The molecule has 0 atom stereocenters. The van der Waals surface area contributed by atoms with Crippen LogP contribution in [0.15, 0.2) is 99.7 Å². The Bertz CT molecular complexity index is 2620. The second-order valence-corrected chi connectivity index (χ2v) is 12.1. The summed E-state index contributed by atoms with van der Waals surface area (Å²) in [7, 11) is 3.92. The maximum absolute atomic E-state index is 14.0. The number of hydrogen-bond donors (Lipinski definition) is 0. The second-order valence-electron chi connectivity index (χ2n) is 12.1. The van der Waals surface area contributed by atoms with Crippen molar-refractivity contribution in [2.45, 2.75) is 34.6 Å². The number of aryl methyl sites for hydroxylation is 5. The molecule has 0 spiro atoms. The fourth-order valence-corrected chi connectivity index (χ4v) is 6.28. The molecule has 0 aliphatic heterocycles. The lowest BCUT2D eigenvalue weighted by Crippen LogP contribution is -2.35. The third kappa shape index (κ3) is 5.14. The first kappa shape index (κ1) is 24.8. The van der Waals surface area contributed by atoms with E-state index in [0.29, 0.717) is 28.0 Å². The number of halogens is 2. The second kappa shape index (κ2) is 11.5. The normalized spacial score (nSPS) is 13.0. The zero-order chi connectivity index (χ0) is 37.5. The molecule has 0 aliphatic carbocycles. The van der Waals surface area contributed by atoms with Crippen molar-refractivity contribution in [1.29, 1.82) is 0 Å². The quantitative estimate of drug-likeness (QED) is 0.178. The monoisotopic (exact) mass is 631 g/mol. The third-order valence-corrected chi connectivity index (χ3v) is 8.95.